The number of halogens is 5. The highest BCUT2D eigenvalue weighted by Gasteiger charge is 2.56. The van der Waals surface area contributed by atoms with Gasteiger partial charge in [0, 0.05) is 0 Å². The van der Waals surface area contributed by atoms with Crippen molar-refractivity contribution in [2.45, 2.75) is 26.1 Å². The van der Waals surface area contributed by atoms with Crippen molar-refractivity contribution in [3.63, 3.8) is 0 Å². The van der Waals surface area contributed by atoms with E-state index in [1.807, 2.05) is 0 Å². The van der Waals surface area contributed by atoms with Crippen LogP contribution in [0.25, 0.3) is 0 Å². The fraction of sp³-hybridized carbons (Fsp3) is 1.00. The molecule has 0 radical (unpaired) electrons. The Morgan fingerprint density at radius 1 is 1.00 bits per heavy atom. The van der Waals surface area contributed by atoms with Crippen molar-refractivity contribution in [2.75, 3.05) is 0 Å². The standard InChI is InChI=1S/C6H9F5O/c1-3(2)4(5(7,8)9)6(10,11)12/h3-4,12H,1-2H3. The topological polar surface area (TPSA) is 20.2 Å². The summed E-state index contributed by atoms with van der Waals surface area (Å²) >= 11 is 0. The van der Waals surface area contributed by atoms with E-state index >= 15 is 0 Å². The Hall–Kier alpha value is -0.390. The summed E-state index contributed by atoms with van der Waals surface area (Å²) in [4.78, 5) is 0. The fourth-order valence-corrected chi connectivity index (χ4v) is 0.976. The lowest BCUT2D eigenvalue weighted by Gasteiger charge is -2.27. The molecule has 12 heavy (non-hydrogen) atoms. The second-order valence-electron chi connectivity index (χ2n) is 2.85. The Kier molecular flexibility index (Phi) is 3.06. The molecule has 0 aliphatic carbocycles. The van der Waals surface area contributed by atoms with Crippen molar-refractivity contribution in [1.29, 1.82) is 0 Å². The first kappa shape index (κ1) is 11.6. The van der Waals surface area contributed by atoms with Crippen molar-refractivity contribution < 1.29 is 27.1 Å². The Labute approximate surface area is 66.2 Å². The minimum atomic E-state index is -5.08. The van der Waals surface area contributed by atoms with E-state index in [2.05, 4.69) is 0 Å². The first-order chi connectivity index (χ1) is 5.07. The van der Waals surface area contributed by atoms with Crippen LogP contribution in [0.2, 0.25) is 0 Å². The van der Waals surface area contributed by atoms with E-state index in [9.17, 15) is 22.0 Å². The van der Waals surface area contributed by atoms with Gasteiger partial charge in [-0.1, -0.05) is 13.8 Å². The fourth-order valence-electron chi connectivity index (χ4n) is 0.976. The van der Waals surface area contributed by atoms with Gasteiger partial charge >= 0.3 is 12.3 Å². The quantitative estimate of drug-likeness (QED) is 0.666. The number of alkyl halides is 5. The first-order valence-electron chi connectivity index (χ1n) is 3.23. The Bertz CT molecular complexity index is 131. The normalized spacial score (nSPS) is 16.8. The summed E-state index contributed by atoms with van der Waals surface area (Å²) < 4.78 is 59.4. The molecule has 1 nitrogen and oxygen atoms in total. The second-order valence-corrected chi connectivity index (χ2v) is 2.85. The zero-order valence-corrected chi connectivity index (χ0v) is 6.49. The van der Waals surface area contributed by atoms with Gasteiger partial charge in [-0.15, -0.1) is 0 Å². The number of aliphatic hydroxyl groups is 1. The average molecular weight is 192 g/mol. The highest BCUT2D eigenvalue weighted by Crippen LogP contribution is 2.41. The van der Waals surface area contributed by atoms with Crippen LogP contribution in [-0.2, 0) is 0 Å². The van der Waals surface area contributed by atoms with Gasteiger partial charge in [0.15, 0.2) is 0 Å². The van der Waals surface area contributed by atoms with Gasteiger partial charge in [-0.2, -0.15) is 22.0 Å². The molecule has 0 aromatic rings. The van der Waals surface area contributed by atoms with E-state index in [0.29, 0.717) is 0 Å². The maximum absolute atomic E-state index is 12.0. The van der Waals surface area contributed by atoms with Gasteiger partial charge in [0.1, 0.15) is 5.92 Å². The van der Waals surface area contributed by atoms with Crippen molar-refractivity contribution in [3.05, 3.63) is 0 Å². The van der Waals surface area contributed by atoms with Gasteiger partial charge < -0.3 is 5.11 Å². The van der Waals surface area contributed by atoms with Crippen LogP contribution in [-0.4, -0.2) is 17.4 Å². The monoisotopic (exact) mass is 192 g/mol. The van der Waals surface area contributed by atoms with E-state index in [-0.39, 0.29) is 0 Å². The second kappa shape index (κ2) is 3.16. The molecule has 0 aliphatic heterocycles. The van der Waals surface area contributed by atoms with E-state index < -0.39 is 24.1 Å². The molecular formula is C6H9F5O. The van der Waals surface area contributed by atoms with Gasteiger partial charge in [-0.3, -0.25) is 0 Å². The number of hydrogen-bond acceptors (Lipinski definition) is 1. The lowest BCUT2D eigenvalue weighted by Crippen LogP contribution is -2.42. The molecule has 0 rings (SSSR count). The predicted octanol–water partition coefficient (Wildman–Crippen LogP) is 2.41. The van der Waals surface area contributed by atoms with Gasteiger partial charge in [-0.25, -0.2) is 0 Å². The highest BCUT2D eigenvalue weighted by molar-refractivity contribution is 4.77. The molecule has 74 valence electrons. The Morgan fingerprint density at radius 2 is 1.33 bits per heavy atom. The van der Waals surface area contributed by atoms with Crippen LogP contribution >= 0.6 is 0 Å². The summed E-state index contributed by atoms with van der Waals surface area (Å²) in [5.74, 6) is -4.35. The van der Waals surface area contributed by atoms with Crippen molar-refractivity contribution >= 4 is 0 Å². The molecule has 1 N–H and O–H groups in total. The average Bonchev–Trinajstić information content (AvgIpc) is 1.49. The van der Waals surface area contributed by atoms with Crippen LogP contribution in [0.5, 0.6) is 0 Å². The maximum atomic E-state index is 12.0. The van der Waals surface area contributed by atoms with Crippen LogP contribution in [0, 0.1) is 11.8 Å². The summed E-state index contributed by atoms with van der Waals surface area (Å²) in [7, 11) is 0. The van der Waals surface area contributed by atoms with Crippen molar-refractivity contribution in [1.82, 2.24) is 0 Å². The van der Waals surface area contributed by atoms with E-state index in [4.69, 9.17) is 5.11 Å². The minimum absolute atomic E-state index is 0.974. The molecule has 0 amide bonds. The van der Waals surface area contributed by atoms with Crippen LogP contribution in [0.1, 0.15) is 13.8 Å². The van der Waals surface area contributed by atoms with Crippen LogP contribution in [0.15, 0.2) is 0 Å². The van der Waals surface area contributed by atoms with Crippen LogP contribution in [0.4, 0.5) is 22.0 Å². The molecule has 0 bridgehead atoms. The molecule has 0 heterocycles. The molecule has 0 aromatic carbocycles. The number of rotatable bonds is 2. The molecule has 0 aliphatic rings. The van der Waals surface area contributed by atoms with E-state index in [1.165, 1.54) is 0 Å². The van der Waals surface area contributed by atoms with Gasteiger partial charge in [0.25, 0.3) is 0 Å². The maximum Gasteiger partial charge on any atom is 0.400 e. The van der Waals surface area contributed by atoms with E-state index in [0.717, 1.165) is 13.8 Å². The molecule has 0 saturated heterocycles. The molecular weight excluding hydrogens is 183 g/mol. The van der Waals surface area contributed by atoms with Gasteiger partial charge in [0.05, 0.1) is 0 Å². The molecule has 0 aromatic heterocycles. The zero-order valence-electron chi connectivity index (χ0n) is 6.49. The predicted molar refractivity (Wildman–Crippen MR) is 31.5 cm³/mol. The molecule has 1 atom stereocenters. The Balaban J connectivity index is 4.70. The van der Waals surface area contributed by atoms with Crippen molar-refractivity contribution in [2.24, 2.45) is 11.8 Å². The highest BCUT2D eigenvalue weighted by atomic mass is 19.4. The van der Waals surface area contributed by atoms with Crippen LogP contribution in [0.3, 0.4) is 0 Å². The summed E-state index contributed by atoms with van der Waals surface area (Å²) in [6.45, 7) is 1.95. The Morgan fingerprint density at radius 3 is 1.33 bits per heavy atom. The third-order valence-electron chi connectivity index (χ3n) is 1.39. The largest absolute Gasteiger partial charge is 0.400 e. The SMILES string of the molecule is CC(C)C(C(O)(F)F)C(F)(F)F. The summed E-state index contributed by atoms with van der Waals surface area (Å²) in [6.07, 6.45) is -9.78. The third-order valence-corrected chi connectivity index (χ3v) is 1.39. The summed E-state index contributed by atoms with van der Waals surface area (Å²) in [6, 6.07) is 0. The first-order valence-corrected chi connectivity index (χ1v) is 3.23. The molecule has 0 saturated carbocycles. The zero-order chi connectivity index (χ0) is 10.2. The smallest absolute Gasteiger partial charge is 0.336 e. The van der Waals surface area contributed by atoms with E-state index in [1.54, 1.807) is 0 Å². The van der Waals surface area contributed by atoms with Gasteiger partial charge in [-0.05, 0) is 5.92 Å². The minimum Gasteiger partial charge on any atom is -0.336 e. The lowest BCUT2D eigenvalue weighted by atomic mass is 9.94. The molecule has 6 heteroatoms. The molecule has 0 fully saturated rings. The van der Waals surface area contributed by atoms with Gasteiger partial charge in [0.2, 0.25) is 0 Å². The summed E-state index contributed by atoms with van der Waals surface area (Å²) in [5.41, 5.74) is 0. The van der Waals surface area contributed by atoms with Crippen LogP contribution < -0.4 is 0 Å². The summed E-state index contributed by atoms with van der Waals surface area (Å²) in [5, 5.41) is 7.93. The number of hydrogen-bond donors (Lipinski definition) is 1. The molecule has 0 spiro atoms. The van der Waals surface area contributed by atoms with Crippen molar-refractivity contribution in [3.8, 4) is 0 Å². The molecule has 1 unspecified atom stereocenters. The lowest BCUT2D eigenvalue weighted by molar-refractivity contribution is -0.327. The third kappa shape index (κ3) is 2.92.